The zero-order valence-corrected chi connectivity index (χ0v) is 11.3. The van der Waals surface area contributed by atoms with Crippen LogP contribution in [0.4, 0.5) is 36.8 Å². The van der Waals surface area contributed by atoms with E-state index in [2.05, 4.69) is 5.32 Å². The highest BCUT2D eigenvalue weighted by Crippen LogP contribution is 2.37. The van der Waals surface area contributed by atoms with Gasteiger partial charge in [0.25, 0.3) is 0 Å². The first-order valence-electron chi connectivity index (χ1n) is 6.06. The van der Waals surface area contributed by atoms with Gasteiger partial charge in [-0.1, -0.05) is 13.0 Å². The van der Waals surface area contributed by atoms with Gasteiger partial charge in [-0.2, -0.15) is 26.3 Å². The molecule has 3 nitrogen and oxygen atoms in total. The van der Waals surface area contributed by atoms with E-state index >= 15 is 0 Å². The number of hydrogen-bond acceptors (Lipinski definition) is 1. The van der Waals surface area contributed by atoms with Crippen molar-refractivity contribution in [2.24, 2.45) is 0 Å². The Kier molecular flexibility index (Phi) is 5.45. The van der Waals surface area contributed by atoms with Gasteiger partial charge in [0, 0.05) is 11.9 Å². The van der Waals surface area contributed by atoms with Gasteiger partial charge >= 0.3 is 18.4 Å². The van der Waals surface area contributed by atoms with E-state index in [1.165, 1.54) is 6.20 Å². The lowest BCUT2D eigenvalue weighted by molar-refractivity contribution is -0.143. The highest BCUT2D eigenvalue weighted by Gasteiger charge is 2.37. The maximum Gasteiger partial charge on any atom is 0.416 e. The Labute approximate surface area is 122 Å². The lowest BCUT2D eigenvalue weighted by Crippen LogP contribution is -2.24. The Balaban J connectivity index is 3.08. The first-order valence-corrected chi connectivity index (χ1v) is 6.06. The summed E-state index contributed by atoms with van der Waals surface area (Å²) in [7, 11) is 0. The van der Waals surface area contributed by atoms with Gasteiger partial charge in [0.05, 0.1) is 11.1 Å². The van der Waals surface area contributed by atoms with Gasteiger partial charge < -0.3 is 10.6 Å². The molecule has 1 aromatic rings. The number of allylic oxidation sites excluding steroid dienone is 1. The number of anilines is 1. The highest BCUT2D eigenvalue weighted by atomic mass is 19.4. The van der Waals surface area contributed by atoms with E-state index in [1.807, 2.05) is 5.32 Å². The quantitative estimate of drug-likeness (QED) is 0.772. The molecule has 0 unspecified atom stereocenters. The van der Waals surface area contributed by atoms with Crippen LogP contribution in [0.25, 0.3) is 0 Å². The number of alkyl halides is 6. The fraction of sp³-hybridized carbons (Fsp3) is 0.308. The standard InChI is InChI=1S/C13H12F6N2O/c1-2-3-4-20-11(22)21-10-6-8(12(14,15)16)5-9(7-10)13(17,18)19/h3-7H,2H2,1H3,(H2,20,21,22)/b4-3+. The monoisotopic (exact) mass is 326 g/mol. The topological polar surface area (TPSA) is 41.1 Å². The first-order chi connectivity index (χ1) is 10.0. The minimum atomic E-state index is -4.96. The van der Waals surface area contributed by atoms with Gasteiger partial charge in [0.15, 0.2) is 0 Å². The van der Waals surface area contributed by atoms with Gasteiger partial charge in [0.2, 0.25) is 0 Å². The van der Waals surface area contributed by atoms with Crippen LogP contribution in [-0.4, -0.2) is 6.03 Å². The summed E-state index contributed by atoms with van der Waals surface area (Å²) in [5.41, 5.74) is -3.60. The molecule has 0 aliphatic carbocycles. The molecule has 0 aliphatic heterocycles. The minimum Gasteiger partial charge on any atom is -0.315 e. The van der Waals surface area contributed by atoms with Gasteiger partial charge in [-0.3, -0.25) is 0 Å². The summed E-state index contributed by atoms with van der Waals surface area (Å²) in [5, 5.41) is 4.08. The van der Waals surface area contributed by atoms with Crippen LogP contribution < -0.4 is 10.6 Å². The Morgan fingerprint density at radius 2 is 1.55 bits per heavy atom. The van der Waals surface area contributed by atoms with Crippen LogP contribution in [0, 0.1) is 0 Å². The second-order valence-electron chi connectivity index (χ2n) is 4.20. The van der Waals surface area contributed by atoms with Gasteiger partial charge in [0.1, 0.15) is 0 Å². The molecule has 0 radical (unpaired) electrons. The van der Waals surface area contributed by atoms with Crippen molar-refractivity contribution in [1.82, 2.24) is 5.32 Å². The first kappa shape index (κ1) is 17.9. The molecule has 22 heavy (non-hydrogen) atoms. The van der Waals surface area contributed by atoms with E-state index in [4.69, 9.17) is 0 Å². The Bertz CT molecular complexity index is 530. The number of benzene rings is 1. The molecular weight excluding hydrogens is 314 g/mol. The summed E-state index contributed by atoms with van der Waals surface area (Å²) < 4.78 is 75.7. The van der Waals surface area contributed by atoms with Gasteiger partial charge in [-0.15, -0.1) is 0 Å². The van der Waals surface area contributed by atoms with Crippen LogP contribution in [0.1, 0.15) is 24.5 Å². The molecule has 1 aromatic carbocycles. The number of halogens is 6. The van der Waals surface area contributed by atoms with E-state index in [0.717, 1.165) is 0 Å². The largest absolute Gasteiger partial charge is 0.416 e. The minimum absolute atomic E-state index is 0.0138. The van der Waals surface area contributed by atoms with Gasteiger partial charge in [-0.05, 0) is 24.6 Å². The van der Waals surface area contributed by atoms with E-state index in [-0.39, 0.29) is 6.07 Å². The molecule has 0 heterocycles. The summed E-state index contributed by atoms with van der Waals surface area (Å²) in [5.74, 6) is 0. The van der Waals surface area contributed by atoms with Crippen molar-refractivity contribution in [2.75, 3.05) is 5.32 Å². The lowest BCUT2D eigenvalue weighted by Gasteiger charge is -2.14. The molecule has 0 fully saturated rings. The third-order valence-corrected chi connectivity index (χ3v) is 2.41. The van der Waals surface area contributed by atoms with Crippen molar-refractivity contribution in [3.8, 4) is 0 Å². The molecule has 0 saturated carbocycles. The third-order valence-electron chi connectivity index (χ3n) is 2.41. The molecule has 2 amide bonds. The molecule has 0 bridgehead atoms. The third kappa shape index (κ3) is 5.30. The van der Waals surface area contributed by atoms with Crippen LogP contribution in [0.5, 0.6) is 0 Å². The highest BCUT2D eigenvalue weighted by molar-refractivity contribution is 5.90. The van der Waals surface area contributed by atoms with E-state index < -0.39 is 35.2 Å². The van der Waals surface area contributed by atoms with E-state index in [9.17, 15) is 31.1 Å². The van der Waals surface area contributed by atoms with Crippen LogP contribution in [-0.2, 0) is 12.4 Å². The van der Waals surface area contributed by atoms with E-state index in [1.54, 1.807) is 13.0 Å². The van der Waals surface area contributed by atoms with Crippen LogP contribution in [0.2, 0.25) is 0 Å². The molecule has 1 rings (SSSR count). The second-order valence-corrected chi connectivity index (χ2v) is 4.20. The normalized spacial score (nSPS) is 12.5. The fourth-order valence-electron chi connectivity index (χ4n) is 1.45. The molecule has 9 heteroatoms. The molecule has 0 saturated heterocycles. The van der Waals surface area contributed by atoms with Crippen LogP contribution in [0.3, 0.4) is 0 Å². The summed E-state index contributed by atoms with van der Waals surface area (Å²) >= 11 is 0. The molecule has 0 aromatic heterocycles. The molecular formula is C13H12F6N2O. The van der Waals surface area contributed by atoms with Crippen LogP contribution in [0.15, 0.2) is 30.5 Å². The van der Waals surface area contributed by atoms with E-state index in [0.29, 0.717) is 18.6 Å². The molecule has 0 aliphatic rings. The van der Waals surface area contributed by atoms with Crippen molar-refractivity contribution in [3.63, 3.8) is 0 Å². The van der Waals surface area contributed by atoms with Gasteiger partial charge in [-0.25, -0.2) is 4.79 Å². The van der Waals surface area contributed by atoms with Crippen molar-refractivity contribution in [1.29, 1.82) is 0 Å². The lowest BCUT2D eigenvalue weighted by atomic mass is 10.1. The maximum absolute atomic E-state index is 12.6. The number of rotatable bonds is 3. The number of amides is 2. The Hall–Kier alpha value is -2.19. The maximum atomic E-state index is 12.6. The number of hydrogen-bond donors (Lipinski definition) is 2. The SMILES string of the molecule is CC/C=C/NC(=O)Nc1cc(C(F)(F)F)cc(C(F)(F)F)c1. The Morgan fingerprint density at radius 1 is 1.05 bits per heavy atom. The molecule has 0 atom stereocenters. The summed E-state index contributed by atoms with van der Waals surface area (Å²) in [6.45, 7) is 1.78. The average molecular weight is 326 g/mol. The molecule has 2 N–H and O–H groups in total. The van der Waals surface area contributed by atoms with Crippen molar-refractivity contribution >= 4 is 11.7 Å². The zero-order valence-electron chi connectivity index (χ0n) is 11.3. The van der Waals surface area contributed by atoms with Crippen molar-refractivity contribution in [3.05, 3.63) is 41.6 Å². The number of nitrogens with one attached hydrogen (secondary N) is 2. The smallest absolute Gasteiger partial charge is 0.315 e. The number of carbonyl (C=O) groups excluding carboxylic acids is 1. The average Bonchev–Trinajstić information content (AvgIpc) is 2.36. The number of carbonyl (C=O) groups is 1. The predicted molar refractivity (Wildman–Crippen MR) is 68.0 cm³/mol. The zero-order chi connectivity index (χ0) is 17.0. The predicted octanol–water partition coefficient (Wildman–Crippen LogP) is 4.77. The summed E-state index contributed by atoms with van der Waals surface area (Å²) in [6.07, 6.45) is -6.55. The summed E-state index contributed by atoms with van der Waals surface area (Å²) in [6, 6.07) is -0.103. The second kappa shape index (κ2) is 6.71. The van der Waals surface area contributed by atoms with Crippen molar-refractivity contribution in [2.45, 2.75) is 25.7 Å². The fourth-order valence-corrected chi connectivity index (χ4v) is 1.45. The molecule has 0 spiro atoms. The Morgan fingerprint density at radius 3 is 1.95 bits per heavy atom. The summed E-state index contributed by atoms with van der Waals surface area (Å²) in [4.78, 5) is 11.4. The van der Waals surface area contributed by atoms with Crippen molar-refractivity contribution < 1.29 is 31.1 Å². The number of urea groups is 1. The molecule has 122 valence electrons. The van der Waals surface area contributed by atoms with Crippen LogP contribution >= 0.6 is 0 Å².